The van der Waals surface area contributed by atoms with Gasteiger partial charge in [0, 0.05) is 71.5 Å². The summed E-state index contributed by atoms with van der Waals surface area (Å²) in [4.78, 5) is 29.1. The molecule has 0 spiro atoms. The minimum Gasteiger partial charge on any atom is -0.350 e. The Morgan fingerprint density at radius 2 is 1.46 bits per heavy atom. The third kappa shape index (κ3) is 3.06. The zero-order valence-corrected chi connectivity index (χ0v) is 20.6. The molecule has 0 unspecified atom stereocenters. The molecule has 3 aliphatic heterocycles. The van der Waals surface area contributed by atoms with E-state index < -0.39 is 0 Å². The van der Waals surface area contributed by atoms with Crippen molar-refractivity contribution in [1.29, 1.82) is 0 Å². The molecule has 1 fully saturated rings. The van der Waals surface area contributed by atoms with Crippen LogP contribution in [0, 0.1) is 11.8 Å². The average Bonchev–Trinajstić information content (AvgIpc) is 3.53. The molecule has 35 heavy (non-hydrogen) atoms. The van der Waals surface area contributed by atoms with Gasteiger partial charge in [-0.3, -0.25) is 14.9 Å². The van der Waals surface area contributed by atoms with Crippen LogP contribution >= 0.6 is 12.4 Å². The molecular weight excluding hydrogens is 460 g/mol. The van der Waals surface area contributed by atoms with Crippen molar-refractivity contribution in [3.63, 3.8) is 0 Å². The molecule has 4 aromatic rings. The molecule has 1 N–H and O–H groups in total. The second-order valence-electron chi connectivity index (χ2n) is 10.1. The van der Waals surface area contributed by atoms with Crippen molar-refractivity contribution in [2.24, 2.45) is 18.9 Å². The molecule has 7 heteroatoms. The number of carbonyl (C=O) groups excluding carboxylic acids is 2. The summed E-state index contributed by atoms with van der Waals surface area (Å²) in [5, 5.41) is 4.67. The van der Waals surface area contributed by atoms with Gasteiger partial charge in [-0.15, -0.1) is 12.4 Å². The number of rotatable bonds is 2. The highest BCUT2D eigenvalue weighted by atomic mass is 35.5. The quantitative estimate of drug-likeness (QED) is 0.438. The molecule has 5 heterocycles. The molecule has 2 atom stereocenters. The Morgan fingerprint density at radius 1 is 0.800 bits per heavy atom. The van der Waals surface area contributed by atoms with Crippen LogP contribution in [0.3, 0.4) is 0 Å². The van der Waals surface area contributed by atoms with Crippen molar-refractivity contribution in [3.05, 3.63) is 71.5 Å². The van der Waals surface area contributed by atoms with Gasteiger partial charge >= 0.3 is 0 Å². The van der Waals surface area contributed by atoms with Crippen molar-refractivity contribution in [2.45, 2.75) is 13.0 Å². The van der Waals surface area contributed by atoms with Gasteiger partial charge in [0.25, 0.3) is 11.8 Å². The van der Waals surface area contributed by atoms with E-state index in [4.69, 9.17) is 0 Å². The van der Waals surface area contributed by atoms with Crippen LogP contribution in [0.1, 0.15) is 16.8 Å². The van der Waals surface area contributed by atoms with Crippen LogP contribution in [0.15, 0.2) is 54.7 Å². The number of amides is 2. The number of aromatic nitrogens is 2. The minimum atomic E-state index is -0.310. The number of para-hydroxylation sites is 2. The molecule has 2 aromatic heterocycles. The van der Waals surface area contributed by atoms with Crippen LogP contribution in [0.25, 0.3) is 33.0 Å². The zero-order chi connectivity index (χ0) is 23.1. The predicted octanol–water partition coefficient (Wildman–Crippen LogP) is 3.86. The third-order valence-electron chi connectivity index (χ3n) is 8.06. The molecule has 2 amide bonds. The van der Waals surface area contributed by atoms with E-state index in [1.165, 1.54) is 5.69 Å². The highest BCUT2D eigenvalue weighted by Gasteiger charge is 2.41. The summed E-state index contributed by atoms with van der Waals surface area (Å²) >= 11 is 0. The summed E-state index contributed by atoms with van der Waals surface area (Å²) < 4.78 is 4.44. The number of imide groups is 1. The molecule has 6 nitrogen and oxygen atoms in total. The Kier molecular flexibility index (Phi) is 4.95. The summed E-state index contributed by atoms with van der Waals surface area (Å²) in [5.74, 6) is 0.585. The number of aryl methyl sites for hydroxylation is 1. The normalized spacial score (nSPS) is 22.0. The van der Waals surface area contributed by atoms with E-state index in [-0.39, 0.29) is 24.2 Å². The van der Waals surface area contributed by atoms with Gasteiger partial charge in [0.15, 0.2) is 0 Å². The van der Waals surface area contributed by atoms with E-state index in [1.807, 2.05) is 48.1 Å². The molecule has 3 aliphatic rings. The largest absolute Gasteiger partial charge is 0.350 e. The Hall–Kier alpha value is -3.35. The van der Waals surface area contributed by atoms with E-state index in [0.29, 0.717) is 23.0 Å². The fourth-order valence-electron chi connectivity index (χ4n) is 6.64. The van der Waals surface area contributed by atoms with Gasteiger partial charge in [-0.25, -0.2) is 0 Å². The SMILES string of the molecule is CN1C[C@H]2Cc3c(C4=C(c5cn(C)c6ccccc56)C(=O)NC4=O)c4ccccc4n3C[C@@H]2C1.Cl. The Morgan fingerprint density at radius 3 is 2.26 bits per heavy atom. The molecule has 7 rings (SSSR count). The number of halogens is 1. The van der Waals surface area contributed by atoms with Gasteiger partial charge in [-0.2, -0.15) is 0 Å². The van der Waals surface area contributed by atoms with E-state index in [9.17, 15) is 9.59 Å². The minimum absolute atomic E-state index is 0. The number of benzene rings is 2. The lowest BCUT2D eigenvalue weighted by atomic mass is 9.85. The van der Waals surface area contributed by atoms with Gasteiger partial charge < -0.3 is 14.0 Å². The van der Waals surface area contributed by atoms with Crippen LogP contribution in [-0.2, 0) is 29.6 Å². The highest BCUT2D eigenvalue weighted by Crippen LogP contribution is 2.44. The van der Waals surface area contributed by atoms with Gasteiger partial charge in [-0.05, 0) is 37.4 Å². The van der Waals surface area contributed by atoms with E-state index in [2.05, 4.69) is 40.0 Å². The lowest BCUT2D eigenvalue weighted by molar-refractivity contribution is -0.122. The number of hydrogen-bond acceptors (Lipinski definition) is 3. The third-order valence-corrected chi connectivity index (χ3v) is 8.06. The summed E-state index contributed by atoms with van der Waals surface area (Å²) in [5.41, 5.74) is 6.15. The maximum atomic E-state index is 13.4. The maximum absolute atomic E-state index is 13.4. The van der Waals surface area contributed by atoms with Crippen molar-refractivity contribution in [1.82, 2.24) is 19.4 Å². The van der Waals surface area contributed by atoms with Crippen molar-refractivity contribution >= 4 is 57.2 Å². The summed E-state index contributed by atoms with van der Waals surface area (Å²) in [6.45, 7) is 3.14. The fraction of sp³-hybridized carbons (Fsp3) is 0.286. The van der Waals surface area contributed by atoms with Crippen LogP contribution < -0.4 is 5.32 Å². The number of carbonyl (C=O) groups is 2. The summed E-state index contributed by atoms with van der Waals surface area (Å²) in [7, 11) is 4.17. The molecular formula is C28H27ClN4O2. The zero-order valence-electron chi connectivity index (χ0n) is 19.7. The lowest BCUT2D eigenvalue weighted by Crippen LogP contribution is -2.28. The molecule has 2 aromatic carbocycles. The van der Waals surface area contributed by atoms with Crippen molar-refractivity contribution < 1.29 is 9.59 Å². The van der Waals surface area contributed by atoms with E-state index >= 15 is 0 Å². The Bertz CT molecular complexity index is 1580. The average molecular weight is 487 g/mol. The first kappa shape index (κ1) is 22.1. The number of fused-ring (bicyclic) bond motifs is 5. The van der Waals surface area contributed by atoms with Crippen LogP contribution in [0.2, 0.25) is 0 Å². The second kappa shape index (κ2) is 7.83. The van der Waals surface area contributed by atoms with Crippen LogP contribution in [-0.4, -0.2) is 46.0 Å². The molecule has 1 saturated heterocycles. The summed E-state index contributed by atoms with van der Waals surface area (Å²) in [6, 6.07) is 16.4. The molecule has 178 valence electrons. The van der Waals surface area contributed by atoms with Gasteiger partial charge in [-0.1, -0.05) is 36.4 Å². The van der Waals surface area contributed by atoms with Gasteiger partial charge in [0.2, 0.25) is 0 Å². The van der Waals surface area contributed by atoms with Gasteiger partial charge in [0.05, 0.1) is 11.1 Å². The maximum Gasteiger partial charge on any atom is 0.259 e. The fourth-order valence-corrected chi connectivity index (χ4v) is 6.64. The van der Waals surface area contributed by atoms with Crippen LogP contribution in [0.5, 0.6) is 0 Å². The smallest absolute Gasteiger partial charge is 0.259 e. The number of likely N-dealkylation sites (tertiary alicyclic amines) is 1. The molecule has 0 aliphatic carbocycles. The standard InChI is InChI=1S/C28H26N4O2.ClH/c1-30-12-16-11-23-24(19-8-4-6-10-22(19)32(23)14-17(16)13-30)26-25(27(33)29-28(26)34)20-15-31(2)21-9-5-3-7-18(20)21;/h3-10,15-17H,11-14H2,1-2H3,(H,29,33,34);1H/t16-,17+;/m1./s1. The first-order valence-electron chi connectivity index (χ1n) is 11.9. The second-order valence-corrected chi connectivity index (χ2v) is 10.1. The molecule has 0 radical (unpaired) electrons. The Balaban J connectivity index is 0.00000229. The van der Waals surface area contributed by atoms with Gasteiger partial charge in [0.1, 0.15) is 0 Å². The number of nitrogens with zero attached hydrogens (tertiary/aromatic N) is 3. The van der Waals surface area contributed by atoms with Crippen molar-refractivity contribution in [2.75, 3.05) is 20.1 Å². The summed E-state index contributed by atoms with van der Waals surface area (Å²) in [6.07, 6.45) is 2.90. The number of hydrogen-bond donors (Lipinski definition) is 1. The van der Waals surface area contributed by atoms with Crippen LogP contribution in [0.4, 0.5) is 0 Å². The predicted molar refractivity (Wildman–Crippen MR) is 140 cm³/mol. The lowest BCUT2D eigenvalue weighted by Gasteiger charge is -2.28. The van der Waals surface area contributed by atoms with Crippen molar-refractivity contribution in [3.8, 4) is 0 Å². The van der Waals surface area contributed by atoms with E-state index in [1.54, 1.807) is 0 Å². The highest BCUT2D eigenvalue weighted by molar-refractivity contribution is 6.51. The van der Waals surface area contributed by atoms with E-state index in [0.717, 1.165) is 59.0 Å². The topological polar surface area (TPSA) is 59.3 Å². The first-order chi connectivity index (χ1) is 16.5. The molecule has 0 saturated carbocycles. The Labute approximate surface area is 209 Å². The molecule has 0 bridgehead atoms. The first-order valence-corrected chi connectivity index (χ1v) is 11.9. The number of nitrogens with one attached hydrogen (secondary N) is 1. The monoisotopic (exact) mass is 486 g/mol.